The van der Waals surface area contributed by atoms with Gasteiger partial charge in [0.1, 0.15) is 11.6 Å². The van der Waals surface area contributed by atoms with Crippen molar-refractivity contribution in [1.82, 2.24) is 4.98 Å². The van der Waals surface area contributed by atoms with Gasteiger partial charge in [-0.25, -0.2) is 4.39 Å². The molecule has 0 spiro atoms. The summed E-state index contributed by atoms with van der Waals surface area (Å²) < 4.78 is 13.6. The number of aromatic nitrogens is 1. The van der Waals surface area contributed by atoms with Crippen LogP contribution in [-0.2, 0) is 11.2 Å². The zero-order chi connectivity index (χ0) is 22.3. The molecule has 0 aliphatic carbocycles. The maximum Gasteiger partial charge on any atom is 0.129 e. The Balaban J connectivity index is 2.58. The highest BCUT2D eigenvalue weighted by Crippen LogP contribution is 2.37. The van der Waals surface area contributed by atoms with Crippen LogP contribution in [0.5, 0.6) is 0 Å². The van der Waals surface area contributed by atoms with Crippen molar-refractivity contribution in [3.05, 3.63) is 58.7 Å². The quantitative estimate of drug-likeness (QED) is 0.374. The number of rotatable bonds is 10. The topological polar surface area (TPSA) is 30.0 Å². The van der Waals surface area contributed by atoms with E-state index in [-0.39, 0.29) is 17.5 Å². The Morgan fingerprint density at radius 3 is 2.20 bits per heavy atom. The number of allylic oxidation sites excluding steroid dienone is 1. The van der Waals surface area contributed by atoms with E-state index >= 15 is 0 Å². The van der Waals surface area contributed by atoms with Gasteiger partial charge in [0.25, 0.3) is 0 Å². The van der Waals surface area contributed by atoms with E-state index in [4.69, 9.17) is 4.98 Å². The number of carbonyl (C=O) groups excluding carboxylic acids is 1. The average molecular weight is 410 g/mol. The monoisotopic (exact) mass is 409 g/mol. The predicted octanol–water partition coefficient (Wildman–Crippen LogP) is 7.86. The van der Waals surface area contributed by atoms with Crippen LogP contribution in [0.4, 0.5) is 4.39 Å². The van der Waals surface area contributed by atoms with Crippen molar-refractivity contribution in [1.29, 1.82) is 0 Å². The van der Waals surface area contributed by atoms with Crippen molar-refractivity contribution in [2.45, 2.75) is 85.5 Å². The highest BCUT2D eigenvalue weighted by atomic mass is 19.1. The number of ketones is 1. The van der Waals surface area contributed by atoms with Crippen molar-refractivity contribution >= 4 is 11.9 Å². The minimum atomic E-state index is -0.221. The first kappa shape index (κ1) is 24.0. The minimum absolute atomic E-state index is 0.221. The lowest BCUT2D eigenvalue weighted by Gasteiger charge is -2.23. The van der Waals surface area contributed by atoms with Gasteiger partial charge >= 0.3 is 0 Å². The third-order valence-electron chi connectivity index (χ3n) is 5.41. The van der Waals surface area contributed by atoms with Crippen LogP contribution in [0.25, 0.3) is 17.2 Å². The predicted molar refractivity (Wildman–Crippen MR) is 125 cm³/mol. The van der Waals surface area contributed by atoms with Gasteiger partial charge in [0, 0.05) is 17.7 Å². The molecule has 3 heteroatoms. The molecule has 1 aromatic carbocycles. The fourth-order valence-corrected chi connectivity index (χ4v) is 3.90. The van der Waals surface area contributed by atoms with E-state index in [1.807, 2.05) is 12.1 Å². The van der Waals surface area contributed by atoms with E-state index in [9.17, 15) is 9.18 Å². The number of halogens is 1. The summed E-state index contributed by atoms with van der Waals surface area (Å²) in [6.45, 7) is 12.5. The van der Waals surface area contributed by atoms with Crippen LogP contribution < -0.4 is 0 Å². The van der Waals surface area contributed by atoms with Gasteiger partial charge in [-0.2, -0.15) is 0 Å². The molecule has 0 amide bonds. The molecule has 0 radical (unpaired) electrons. The van der Waals surface area contributed by atoms with Gasteiger partial charge in [0.2, 0.25) is 0 Å². The molecule has 0 saturated carbocycles. The molecule has 0 saturated heterocycles. The number of hydrogen-bond donors (Lipinski definition) is 0. The Kier molecular flexibility index (Phi) is 8.95. The molecule has 1 aromatic heterocycles. The van der Waals surface area contributed by atoms with Crippen molar-refractivity contribution in [3.8, 4) is 11.1 Å². The van der Waals surface area contributed by atoms with Crippen LogP contribution in [0.15, 0.2) is 30.3 Å². The Bertz CT molecular complexity index is 879. The summed E-state index contributed by atoms with van der Waals surface area (Å²) in [6, 6.07) is 6.83. The number of carbonyl (C=O) groups is 1. The molecule has 0 aliphatic rings. The highest BCUT2D eigenvalue weighted by molar-refractivity contribution is 5.80. The lowest BCUT2D eigenvalue weighted by Crippen LogP contribution is -2.10. The molecule has 0 aliphatic heterocycles. The third-order valence-corrected chi connectivity index (χ3v) is 5.41. The molecular formula is C27H36FNO. The summed E-state index contributed by atoms with van der Waals surface area (Å²) in [5, 5.41) is 0. The average Bonchev–Trinajstić information content (AvgIpc) is 2.69. The summed E-state index contributed by atoms with van der Waals surface area (Å²) in [7, 11) is 0. The van der Waals surface area contributed by atoms with Crippen molar-refractivity contribution in [3.63, 3.8) is 0 Å². The first-order chi connectivity index (χ1) is 14.3. The second-order valence-electron chi connectivity index (χ2n) is 8.67. The fourth-order valence-electron chi connectivity index (χ4n) is 3.90. The van der Waals surface area contributed by atoms with E-state index in [0.29, 0.717) is 12.3 Å². The summed E-state index contributed by atoms with van der Waals surface area (Å²) in [5.41, 5.74) is 6.84. The summed E-state index contributed by atoms with van der Waals surface area (Å²) >= 11 is 0. The molecule has 30 heavy (non-hydrogen) atoms. The van der Waals surface area contributed by atoms with Gasteiger partial charge in [-0.05, 0) is 73.3 Å². The third kappa shape index (κ3) is 6.10. The summed E-state index contributed by atoms with van der Waals surface area (Å²) in [4.78, 5) is 16.3. The maximum absolute atomic E-state index is 13.6. The normalized spacial score (nSPS) is 11.8. The zero-order valence-corrected chi connectivity index (χ0v) is 19.4. The van der Waals surface area contributed by atoms with E-state index in [2.05, 4.69) is 46.8 Å². The van der Waals surface area contributed by atoms with Crippen LogP contribution in [0.2, 0.25) is 0 Å². The second kappa shape index (κ2) is 11.2. The Hall–Kier alpha value is -2.29. The second-order valence-corrected chi connectivity index (χ2v) is 8.67. The van der Waals surface area contributed by atoms with Gasteiger partial charge in [0.05, 0.1) is 5.69 Å². The Morgan fingerprint density at radius 2 is 1.67 bits per heavy atom. The van der Waals surface area contributed by atoms with Crippen molar-refractivity contribution in [2.75, 3.05) is 0 Å². The number of hydrogen-bond acceptors (Lipinski definition) is 2. The number of Topliss-reactive ketones (excluding diaryl/α,β-unsaturated/α-hetero) is 1. The lowest BCUT2D eigenvalue weighted by atomic mass is 9.86. The van der Waals surface area contributed by atoms with Crippen molar-refractivity contribution < 1.29 is 9.18 Å². The lowest BCUT2D eigenvalue weighted by molar-refractivity contribution is -0.117. The van der Waals surface area contributed by atoms with E-state index in [0.717, 1.165) is 48.2 Å². The molecule has 0 unspecified atom stereocenters. The molecule has 2 aromatic rings. The minimum Gasteiger partial charge on any atom is -0.300 e. The molecule has 0 atom stereocenters. The zero-order valence-electron chi connectivity index (χ0n) is 19.4. The SMILES string of the molecule is CCc1c(C(C)C)nc(C(C)C)c(/C=C/CCCCC(C)=O)c1-c1ccc(F)cc1. The highest BCUT2D eigenvalue weighted by Gasteiger charge is 2.21. The van der Waals surface area contributed by atoms with Gasteiger partial charge in [-0.1, -0.05) is 58.9 Å². The van der Waals surface area contributed by atoms with Crippen LogP contribution in [-0.4, -0.2) is 10.8 Å². The number of benzene rings is 1. The van der Waals surface area contributed by atoms with E-state index in [1.165, 1.54) is 23.3 Å². The summed E-state index contributed by atoms with van der Waals surface area (Å²) in [6.07, 6.45) is 8.77. The Labute approximate surface area is 181 Å². The smallest absolute Gasteiger partial charge is 0.129 e. The van der Waals surface area contributed by atoms with Crippen LogP contribution in [0, 0.1) is 5.82 Å². The number of pyridine rings is 1. The molecule has 162 valence electrons. The maximum atomic E-state index is 13.6. The van der Waals surface area contributed by atoms with E-state index < -0.39 is 0 Å². The standard InChI is InChI=1S/C27H36FNO/c1-7-23-25(21-14-16-22(28)17-15-21)24(13-11-9-8-10-12-20(6)30)27(19(4)5)29-26(23)18(2)3/h11,13-19H,7-10,12H2,1-6H3/b13-11+. The van der Waals surface area contributed by atoms with Crippen molar-refractivity contribution in [2.24, 2.45) is 0 Å². The largest absolute Gasteiger partial charge is 0.300 e. The molecule has 0 N–H and O–H groups in total. The number of unbranched alkanes of at least 4 members (excludes halogenated alkanes) is 2. The fraction of sp³-hybridized carbons (Fsp3) is 0.481. The molecule has 0 bridgehead atoms. The first-order valence-corrected chi connectivity index (χ1v) is 11.2. The Morgan fingerprint density at radius 1 is 1.03 bits per heavy atom. The van der Waals surface area contributed by atoms with Gasteiger partial charge < -0.3 is 4.79 Å². The first-order valence-electron chi connectivity index (χ1n) is 11.2. The van der Waals surface area contributed by atoms with Gasteiger partial charge in [-0.15, -0.1) is 0 Å². The van der Waals surface area contributed by atoms with Crippen LogP contribution >= 0.6 is 0 Å². The number of nitrogens with zero attached hydrogens (tertiary/aromatic N) is 1. The van der Waals surface area contributed by atoms with Gasteiger partial charge in [-0.3, -0.25) is 4.98 Å². The van der Waals surface area contributed by atoms with Crippen LogP contribution in [0.3, 0.4) is 0 Å². The summed E-state index contributed by atoms with van der Waals surface area (Å²) in [5.74, 6) is 0.633. The van der Waals surface area contributed by atoms with Gasteiger partial charge in [0.15, 0.2) is 0 Å². The molecular weight excluding hydrogens is 373 g/mol. The molecule has 2 nitrogen and oxygen atoms in total. The van der Waals surface area contributed by atoms with E-state index in [1.54, 1.807) is 6.92 Å². The molecule has 2 rings (SSSR count). The molecule has 1 heterocycles. The van der Waals surface area contributed by atoms with Crippen LogP contribution in [0.1, 0.15) is 102 Å². The molecule has 0 fully saturated rings.